The van der Waals surface area contributed by atoms with Crippen molar-refractivity contribution in [1.29, 1.82) is 0 Å². The highest BCUT2D eigenvalue weighted by Crippen LogP contribution is 2.42. The van der Waals surface area contributed by atoms with E-state index in [1.54, 1.807) is 6.07 Å². The number of carbonyl (C=O) groups is 1. The van der Waals surface area contributed by atoms with Crippen LogP contribution in [0.1, 0.15) is 26.5 Å². The Labute approximate surface area is 112 Å². The van der Waals surface area contributed by atoms with Gasteiger partial charge in [-0.15, -0.1) is 11.3 Å². The summed E-state index contributed by atoms with van der Waals surface area (Å²) in [6.07, 6.45) is -1.81. The Morgan fingerprint density at radius 3 is 2.74 bits per heavy atom. The Morgan fingerprint density at radius 1 is 1.47 bits per heavy atom. The van der Waals surface area contributed by atoms with Gasteiger partial charge in [-0.3, -0.25) is 0 Å². The van der Waals surface area contributed by atoms with Crippen LogP contribution >= 0.6 is 11.3 Å². The van der Waals surface area contributed by atoms with Gasteiger partial charge in [-0.1, -0.05) is 12.7 Å². The molecule has 0 aliphatic heterocycles. The van der Waals surface area contributed by atoms with Crippen LogP contribution in [0.15, 0.2) is 24.3 Å². The van der Waals surface area contributed by atoms with Crippen LogP contribution in [0, 0.1) is 0 Å². The van der Waals surface area contributed by atoms with Crippen molar-refractivity contribution < 1.29 is 22.7 Å². The van der Waals surface area contributed by atoms with Gasteiger partial charge in [-0.25, -0.2) is 4.79 Å². The summed E-state index contributed by atoms with van der Waals surface area (Å²) in [6.45, 7) is 3.12. The molecule has 0 N–H and O–H groups in total. The third kappa shape index (κ3) is 2.58. The van der Waals surface area contributed by atoms with Crippen molar-refractivity contribution in [3.05, 3.63) is 39.6 Å². The molecule has 1 heterocycles. The molecule has 19 heavy (non-hydrogen) atoms. The van der Waals surface area contributed by atoms with Gasteiger partial charge in [0.25, 0.3) is 0 Å². The van der Waals surface area contributed by atoms with E-state index in [2.05, 4.69) is 11.3 Å². The number of thiophene rings is 1. The molecule has 1 aliphatic carbocycles. The van der Waals surface area contributed by atoms with E-state index >= 15 is 0 Å². The topological polar surface area (TPSA) is 26.3 Å². The molecule has 0 saturated heterocycles. The molecule has 1 aliphatic rings. The number of fused-ring (bicyclic) bond motifs is 1. The number of rotatable bonds is 2. The predicted molar refractivity (Wildman–Crippen MR) is 67.2 cm³/mol. The van der Waals surface area contributed by atoms with Crippen LogP contribution in [0.4, 0.5) is 13.2 Å². The van der Waals surface area contributed by atoms with Gasteiger partial charge in [-0.05, 0) is 30.0 Å². The number of hydrogen-bond donors (Lipinski definition) is 0. The number of esters is 1. The summed E-state index contributed by atoms with van der Waals surface area (Å²) < 4.78 is 42.8. The second-order valence-corrected chi connectivity index (χ2v) is 5.14. The van der Waals surface area contributed by atoms with Crippen LogP contribution < -0.4 is 0 Å². The molecule has 2 nitrogen and oxygen atoms in total. The van der Waals surface area contributed by atoms with Crippen molar-refractivity contribution >= 4 is 22.9 Å². The lowest BCUT2D eigenvalue weighted by molar-refractivity contribution is -0.0867. The summed E-state index contributed by atoms with van der Waals surface area (Å²) in [6, 6.07) is 1.60. The maximum Gasteiger partial charge on any atom is 0.416 e. The van der Waals surface area contributed by atoms with Gasteiger partial charge in [0.05, 0.1) is 12.7 Å². The van der Waals surface area contributed by atoms with Gasteiger partial charge in [0.1, 0.15) is 4.88 Å². The maximum atomic E-state index is 12.7. The fourth-order valence-electron chi connectivity index (χ4n) is 1.92. The van der Waals surface area contributed by atoms with E-state index in [0.29, 0.717) is 22.6 Å². The number of methoxy groups -OCH3 is 1. The second-order valence-electron chi connectivity index (χ2n) is 4.09. The van der Waals surface area contributed by atoms with E-state index in [-0.39, 0.29) is 5.57 Å². The van der Waals surface area contributed by atoms with Crippen LogP contribution in [0.3, 0.4) is 0 Å². The van der Waals surface area contributed by atoms with E-state index in [1.165, 1.54) is 13.2 Å². The van der Waals surface area contributed by atoms with E-state index in [1.807, 2.05) is 0 Å². The van der Waals surface area contributed by atoms with Gasteiger partial charge < -0.3 is 4.74 Å². The van der Waals surface area contributed by atoms with Gasteiger partial charge in [0.2, 0.25) is 0 Å². The Bertz CT molecular complexity index is 567. The molecule has 0 unspecified atom stereocenters. The summed E-state index contributed by atoms with van der Waals surface area (Å²) in [5.74, 6) is -0.531. The number of carbonyl (C=O) groups excluding carboxylic acids is 1. The lowest BCUT2D eigenvalue weighted by atomic mass is 9.94. The zero-order chi connectivity index (χ0) is 14.2. The first-order chi connectivity index (χ1) is 8.84. The van der Waals surface area contributed by atoms with Crippen molar-refractivity contribution in [2.75, 3.05) is 7.11 Å². The molecule has 0 saturated carbocycles. The molecule has 0 spiro atoms. The number of alkyl halides is 3. The fraction of sp³-hybridized carbons (Fsp3) is 0.308. The van der Waals surface area contributed by atoms with Crippen molar-refractivity contribution in [3.8, 4) is 0 Å². The fourth-order valence-corrected chi connectivity index (χ4v) is 3.12. The molecule has 2 rings (SSSR count). The lowest BCUT2D eigenvalue weighted by Gasteiger charge is -2.17. The monoisotopic (exact) mass is 288 g/mol. The van der Waals surface area contributed by atoms with E-state index in [0.717, 1.165) is 16.9 Å². The van der Waals surface area contributed by atoms with Crippen LogP contribution in [0.25, 0.3) is 5.57 Å². The second kappa shape index (κ2) is 4.85. The van der Waals surface area contributed by atoms with Crippen LogP contribution in [0.2, 0.25) is 0 Å². The average Bonchev–Trinajstić information content (AvgIpc) is 2.79. The lowest BCUT2D eigenvalue weighted by Crippen LogP contribution is -2.13. The van der Waals surface area contributed by atoms with Gasteiger partial charge >= 0.3 is 12.1 Å². The maximum absolute atomic E-state index is 12.7. The van der Waals surface area contributed by atoms with Crippen LogP contribution in [-0.2, 0) is 11.2 Å². The van der Waals surface area contributed by atoms with Gasteiger partial charge in [0.15, 0.2) is 0 Å². The summed E-state index contributed by atoms with van der Waals surface area (Å²) in [5.41, 5.74) is -0.0473. The quantitative estimate of drug-likeness (QED) is 0.769. The predicted octanol–water partition coefficient (Wildman–Crippen LogP) is 3.98. The molecule has 6 heteroatoms. The number of allylic oxidation sites excluding steroid dienone is 3. The Hall–Kier alpha value is -1.56. The minimum atomic E-state index is -4.46. The molecule has 0 aromatic carbocycles. The third-order valence-electron chi connectivity index (χ3n) is 2.87. The van der Waals surface area contributed by atoms with E-state index in [4.69, 9.17) is 0 Å². The smallest absolute Gasteiger partial charge is 0.416 e. The molecule has 0 bridgehead atoms. The number of halogens is 3. The molecule has 0 amide bonds. The Morgan fingerprint density at radius 2 is 2.16 bits per heavy atom. The first-order valence-electron chi connectivity index (χ1n) is 5.52. The number of ether oxygens (including phenoxy) is 1. The Kier molecular flexibility index (Phi) is 3.54. The number of hydrogen-bond acceptors (Lipinski definition) is 3. The number of aryl methyl sites for hydroxylation is 1. The highest BCUT2D eigenvalue weighted by atomic mass is 32.1. The molecule has 1 aromatic rings. The van der Waals surface area contributed by atoms with E-state index in [9.17, 15) is 18.0 Å². The van der Waals surface area contributed by atoms with Gasteiger partial charge in [0, 0.05) is 4.88 Å². The first-order valence-corrected chi connectivity index (χ1v) is 6.34. The SMILES string of the molecule is C=C(C1=CCCc2cc(C(=O)OC)sc21)C(F)(F)F. The highest BCUT2D eigenvalue weighted by molar-refractivity contribution is 7.15. The third-order valence-corrected chi connectivity index (χ3v) is 4.06. The molecule has 102 valence electrons. The average molecular weight is 288 g/mol. The standard InChI is InChI=1S/C13H11F3O2S/c1-7(13(14,15)16)9-5-3-4-8-6-10(12(17)18-2)19-11(8)9/h5-6H,1,3-4H2,2H3. The zero-order valence-corrected chi connectivity index (χ0v) is 11.0. The molecule has 0 fully saturated rings. The molecular formula is C13H11F3O2S. The molecule has 0 radical (unpaired) electrons. The zero-order valence-electron chi connectivity index (χ0n) is 10.1. The van der Waals surface area contributed by atoms with Crippen molar-refractivity contribution in [2.24, 2.45) is 0 Å². The van der Waals surface area contributed by atoms with Crippen molar-refractivity contribution in [1.82, 2.24) is 0 Å². The summed E-state index contributed by atoms with van der Waals surface area (Å²) in [5, 5.41) is 0. The largest absolute Gasteiger partial charge is 0.465 e. The minimum absolute atomic E-state index is 0.0777. The first kappa shape index (κ1) is 13.9. The normalized spacial score (nSPS) is 14.6. The Balaban J connectivity index is 2.42. The molecule has 1 aromatic heterocycles. The highest BCUT2D eigenvalue weighted by Gasteiger charge is 2.36. The summed E-state index contributed by atoms with van der Waals surface area (Å²) in [4.78, 5) is 12.2. The minimum Gasteiger partial charge on any atom is -0.465 e. The summed E-state index contributed by atoms with van der Waals surface area (Å²) >= 11 is 1.02. The van der Waals surface area contributed by atoms with Crippen molar-refractivity contribution in [2.45, 2.75) is 19.0 Å². The molecule has 0 atom stereocenters. The van der Waals surface area contributed by atoms with E-state index < -0.39 is 17.7 Å². The van der Waals surface area contributed by atoms with Crippen LogP contribution in [0.5, 0.6) is 0 Å². The van der Waals surface area contributed by atoms with Crippen molar-refractivity contribution in [3.63, 3.8) is 0 Å². The summed E-state index contributed by atoms with van der Waals surface area (Å²) in [7, 11) is 1.24. The van der Waals surface area contributed by atoms with Crippen LogP contribution in [-0.4, -0.2) is 19.3 Å². The molecular weight excluding hydrogens is 277 g/mol. The van der Waals surface area contributed by atoms with Gasteiger partial charge in [-0.2, -0.15) is 13.2 Å².